The molecular formula is C15H15F2NO. The Bertz CT molecular complexity index is 499. The Labute approximate surface area is 110 Å². The molecule has 2 nitrogen and oxygen atoms in total. The summed E-state index contributed by atoms with van der Waals surface area (Å²) in [4.78, 5) is 0. The first-order valence-corrected chi connectivity index (χ1v) is 5.97. The van der Waals surface area contributed by atoms with Gasteiger partial charge in [0.2, 0.25) is 0 Å². The molecule has 0 aromatic heterocycles. The van der Waals surface area contributed by atoms with Crippen molar-refractivity contribution in [1.82, 2.24) is 0 Å². The molecular weight excluding hydrogens is 248 g/mol. The number of benzene rings is 2. The third-order valence-corrected chi connectivity index (χ3v) is 2.78. The highest BCUT2D eigenvalue weighted by molar-refractivity contribution is 5.29. The predicted octanol–water partition coefficient (Wildman–Crippen LogP) is 3.53. The molecule has 2 N–H and O–H groups in total. The Morgan fingerprint density at radius 3 is 2.16 bits per heavy atom. The van der Waals surface area contributed by atoms with E-state index in [9.17, 15) is 8.78 Å². The van der Waals surface area contributed by atoms with Gasteiger partial charge in [-0.25, -0.2) is 8.78 Å². The summed E-state index contributed by atoms with van der Waals surface area (Å²) < 4.78 is 30.4. The second-order valence-corrected chi connectivity index (χ2v) is 4.20. The van der Waals surface area contributed by atoms with Crippen molar-refractivity contribution >= 4 is 0 Å². The summed E-state index contributed by atoms with van der Waals surface area (Å²) in [5.41, 5.74) is 6.82. The fraction of sp³-hybridized carbons (Fsp3) is 0.200. The third-order valence-electron chi connectivity index (χ3n) is 2.78. The Balaban J connectivity index is 1.96. The molecule has 0 spiro atoms. The number of halogens is 2. The van der Waals surface area contributed by atoms with Crippen molar-refractivity contribution in [2.24, 2.45) is 5.73 Å². The van der Waals surface area contributed by atoms with E-state index in [2.05, 4.69) is 0 Å². The van der Waals surface area contributed by atoms with Gasteiger partial charge in [-0.05, 0) is 23.3 Å². The molecule has 2 aromatic rings. The van der Waals surface area contributed by atoms with Gasteiger partial charge in [0.1, 0.15) is 12.4 Å². The molecule has 0 fully saturated rings. The van der Waals surface area contributed by atoms with Gasteiger partial charge in [-0.1, -0.05) is 42.5 Å². The molecule has 2 rings (SSSR count). The molecule has 4 heteroatoms. The van der Waals surface area contributed by atoms with Crippen LogP contribution in [0.5, 0.6) is 5.75 Å². The van der Waals surface area contributed by atoms with Crippen LogP contribution in [0.25, 0.3) is 0 Å². The number of rotatable bonds is 5. The number of alkyl halides is 2. The molecule has 0 aliphatic heterocycles. The van der Waals surface area contributed by atoms with E-state index in [-0.39, 0.29) is 0 Å². The molecule has 19 heavy (non-hydrogen) atoms. The van der Waals surface area contributed by atoms with Gasteiger partial charge in [-0.15, -0.1) is 0 Å². The summed E-state index contributed by atoms with van der Waals surface area (Å²) in [7, 11) is 0. The van der Waals surface area contributed by atoms with Crippen LogP contribution < -0.4 is 10.5 Å². The van der Waals surface area contributed by atoms with Crippen LogP contribution in [-0.2, 0) is 6.61 Å². The molecule has 2 aromatic carbocycles. The van der Waals surface area contributed by atoms with Crippen molar-refractivity contribution < 1.29 is 13.5 Å². The summed E-state index contributed by atoms with van der Waals surface area (Å²) in [5.74, 6) is 0.633. The summed E-state index contributed by atoms with van der Waals surface area (Å²) in [6.45, 7) is 0.446. The largest absolute Gasteiger partial charge is 0.489 e. The van der Waals surface area contributed by atoms with E-state index in [4.69, 9.17) is 10.5 Å². The maximum atomic E-state index is 12.4. The van der Waals surface area contributed by atoms with E-state index in [1.807, 2.05) is 30.3 Å². The van der Waals surface area contributed by atoms with E-state index in [1.54, 1.807) is 24.3 Å². The zero-order valence-electron chi connectivity index (χ0n) is 10.3. The smallest absolute Gasteiger partial charge is 0.257 e. The maximum absolute atomic E-state index is 12.4. The second-order valence-electron chi connectivity index (χ2n) is 4.20. The highest BCUT2D eigenvalue weighted by Crippen LogP contribution is 2.21. The lowest BCUT2D eigenvalue weighted by atomic mass is 10.1. The van der Waals surface area contributed by atoms with Crippen LogP contribution in [0, 0.1) is 0 Å². The standard InChI is InChI=1S/C15H15F2NO/c16-15(17)14(18)12-6-8-13(9-7-12)19-10-11-4-2-1-3-5-11/h1-9,14-15H,10,18H2/t14-/m0/s1. The normalized spacial score (nSPS) is 12.4. The molecule has 0 bridgehead atoms. The van der Waals surface area contributed by atoms with Crippen LogP contribution >= 0.6 is 0 Å². The molecule has 0 heterocycles. The summed E-state index contributed by atoms with van der Waals surface area (Å²) in [5, 5.41) is 0. The Kier molecular flexibility index (Phi) is 4.47. The van der Waals surface area contributed by atoms with E-state index in [0.29, 0.717) is 17.9 Å². The van der Waals surface area contributed by atoms with Gasteiger partial charge >= 0.3 is 0 Å². The molecule has 0 unspecified atom stereocenters. The minimum atomic E-state index is -2.56. The van der Waals surface area contributed by atoms with E-state index in [1.165, 1.54) is 0 Å². The van der Waals surface area contributed by atoms with Gasteiger partial charge in [0.05, 0.1) is 6.04 Å². The summed E-state index contributed by atoms with van der Waals surface area (Å²) in [6, 6.07) is 14.9. The molecule has 0 saturated heterocycles. The van der Waals surface area contributed by atoms with Crippen LogP contribution in [-0.4, -0.2) is 6.43 Å². The molecule has 0 radical (unpaired) electrons. The lowest BCUT2D eigenvalue weighted by Crippen LogP contribution is -2.18. The quantitative estimate of drug-likeness (QED) is 0.895. The molecule has 0 aliphatic rings. The predicted molar refractivity (Wildman–Crippen MR) is 70.1 cm³/mol. The summed E-state index contributed by atoms with van der Waals surface area (Å²) in [6.07, 6.45) is -2.56. The average Bonchev–Trinajstić information content (AvgIpc) is 2.46. The average molecular weight is 263 g/mol. The van der Waals surface area contributed by atoms with E-state index >= 15 is 0 Å². The number of ether oxygens (including phenoxy) is 1. The van der Waals surface area contributed by atoms with Crippen LogP contribution in [0.15, 0.2) is 54.6 Å². The molecule has 0 saturated carbocycles. The van der Waals surface area contributed by atoms with Crippen molar-refractivity contribution in [3.8, 4) is 5.75 Å². The van der Waals surface area contributed by atoms with Gasteiger partial charge in [0.15, 0.2) is 0 Å². The van der Waals surface area contributed by atoms with Gasteiger partial charge in [-0.2, -0.15) is 0 Å². The fourth-order valence-electron chi connectivity index (χ4n) is 1.67. The third kappa shape index (κ3) is 3.76. The second kappa shape index (κ2) is 6.29. The summed E-state index contributed by atoms with van der Waals surface area (Å²) >= 11 is 0. The minimum Gasteiger partial charge on any atom is -0.489 e. The topological polar surface area (TPSA) is 35.2 Å². The number of hydrogen-bond donors (Lipinski definition) is 1. The fourth-order valence-corrected chi connectivity index (χ4v) is 1.67. The van der Waals surface area contributed by atoms with Crippen molar-refractivity contribution in [1.29, 1.82) is 0 Å². The van der Waals surface area contributed by atoms with Crippen LogP contribution in [0.2, 0.25) is 0 Å². The molecule has 0 amide bonds. The Hall–Kier alpha value is -1.94. The highest BCUT2D eigenvalue weighted by atomic mass is 19.3. The zero-order chi connectivity index (χ0) is 13.7. The van der Waals surface area contributed by atoms with Crippen molar-refractivity contribution in [2.45, 2.75) is 19.1 Å². The Morgan fingerprint density at radius 1 is 0.947 bits per heavy atom. The lowest BCUT2D eigenvalue weighted by Gasteiger charge is -2.12. The van der Waals surface area contributed by atoms with Crippen molar-refractivity contribution in [2.75, 3.05) is 0 Å². The monoisotopic (exact) mass is 263 g/mol. The van der Waals surface area contributed by atoms with E-state index in [0.717, 1.165) is 5.56 Å². The minimum absolute atomic E-state index is 0.405. The van der Waals surface area contributed by atoms with Crippen LogP contribution in [0.4, 0.5) is 8.78 Å². The van der Waals surface area contributed by atoms with Crippen LogP contribution in [0.3, 0.4) is 0 Å². The first-order chi connectivity index (χ1) is 9.16. The van der Waals surface area contributed by atoms with Crippen LogP contribution in [0.1, 0.15) is 17.2 Å². The molecule has 100 valence electrons. The number of hydrogen-bond acceptors (Lipinski definition) is 2. The SMILES string of the molecule is N[C@@H](c1ccc(OCc2ccccc2)cc1)C(F)F. The van der Waals surface area contributed by atoms with Crippen molar-refractivity contribution in [3.05, 3.63) is 65.7 Å². The zero-order valence-corrected chi connectivity index (χ0v) is 10.3. The van der Waals surface area contributed by atoms with Gasteiger partial charge in [0.25, 0.3) is 6.43 Å². The number of nitrogens with two attached hydrogens (primary N) is 1. The van der Waals surface area contributed by atoms with Crippen molar-refractivity contribution in [3.63, 3.8) is 0 Å². The Morgan fingerprint density at radius 2 is 1.58 bits per heavy atom. The van der Waals surface area contributed by atoms with Gasteiger partial charge in [0, 0.05) is 0 Å². The first-order valence-electron chi connectivity index (χ1n) is 5.97. The first kappa shape index (κ1) is 13.5. The highest BCUT2D eigenvalue weighted by Gasteiger charge is 2.16. The lowest BCUT2D eigenvalue weighted by molar-refractivity contribution is 0.116. The molecule has 1 atom stereocenters. The molecule has 0 aliphatic carbocycles. The van der Waals surface area contributed by atoms with Gasteiger partial charge in [-0.3, -0.25) is 0 Å². The van der Waals surface area contributed by atoms with Gasteiger partial charge < -0.3 is 10.5 Å². The maximum Gasteiger partial charge on any atom is 0.257 e. The van der Waals surface area contributed by atoms with E-state index < -0.39 is 12.5 Å².